The number of nitrogens with one attached hydrogen (secondary N) is 2. The molecule has 1 rings (SSSR count). The molecule has 0 aromatic rings. The monoisotopic (exact) mass is 413 g/mol. The lowest BCUT2D eigenvalue weighted by Crippen LogP contribution is -2.47. The summed E-state index contributed by atoms with van der Waals surface area (Å²) in [5.74, 6) is 1.46. The van der Waals surface area contributed by atoms with E-state index in [0.29, 0.717) is 12.5 Å². The van der Waals surface area contributed by atoms with Crippen LogP contribution >= 0.6 is 24.0 Å². The van der Waals surface area contributed by atoms with Crippen LogP contribution in [0.1, 0.15) is 6.92 Å². The molecule has 1 aliphatic heterocycles. The molecule has 1 aliphatic rings. The molecule has 126 valence electrons. The smallest absolute Gasteiger partial charge is 0.191 e. The van der Waals surface area contributed by atoms with Crippen LogP contribution in [0.4, 0.5) is 0 Å². The van der Waals surface area contributed by atoms with E-state index in [1.165, 1.54) is 26.2 Å². The molecule has 1 atom stereocenters. The van der Waals surface area contributed by atoms with Crippen molar-refractivity contribution in [3.63, 3.8) is 0 Å². The van der Waals surface area contributed by atoms with Crippen molar-refractivity contribution in [2.45, 2.75) is 6.92 Å². The summed E-state index contributed by atoms with van der Waals surface area (Å²) in [5.41, 5.74) is 0. The Morgan fingerprint density at radius 3 is 2.48 bits per heavy atom. The van der Waals surface area contributed by atoms with Crippen molar-refractivity contribution < 1.29 is 4.74 Å². The average Bonchev–Trinajstić information content (AvgIpc) is 2.45. The van der Waals surface area contributed by atoms with Crippen molar-refractivity contribution >= 4 is 29.9 Å². The third kappa shape index (κ3) is 9.49. The lowest BCUT2D eigenvalue weighted by atomic mass is 10.1. The van der Waals surface area contributed by atoms with E-state index < -0.39 is 0 Å². The molecule has 2 N–H and O–H groups in total. The standard InChI is InChI=1S/C14H31N5O.HI/c1-13(12-19-8-6-18(3)7-9-19)11-17-14(15-2)16-5-10-20-4;/h13H,5-12H2,1-4H3,(H2,15,16,17);1H. The van der Waals surface area contributed by atoms with E-state index in [2.05, 4.69) is 39.4 Å². The highest BCUT2D eigenvalue weighted by atomic mass is 127. The van der Waals surface area contributed by atoms with Crippen LogP contribution in [0.15, 0.2) is 4.99 Å². The first-order chi connectivity index (χ1) is 9.65. The van der Waals surface area contributed by atoms with Gasteiger partial charge in [-0.25, -0.2) is 0 Å². The van der Waals surface area contributed by atoms with Gasteiger partial charge < -0.3 is 25.2 Å². The summed E-state index contributed by atoms with van der Waals surface area (Å²) in [7, 11) is 5.70. The van der Waals surface area contributed by atoms with E-state index in [9.17, 15) is 0 Å². The Hall–Kier alpha value is -0.120. The summed E-state index contributed by atoms with van der Waals surface area (Å²) < 4.78 is 5.02. The first-order valence-corrected chi connectivity index (χ1v) is 7.50. The van der Waals surface area contributed by atoms with Gasteiger partial charge >= 0.3 is 0 Å². The van der Waals surface area contributed by atoms with Crippen molar-refractivity contribution in [2.24, 2.45) is 10.9 Å². The number of methoxy groups -OCH3 is 1. The zero-order chi connectivity index (χ0) is 14.8. The molecule has 21 heavy (non-hydrogen) atoms. The van der Waals surface area contributed by atoms with Crippen molar-refractivity contribution in [2.75, 3.05) is 73.6 Å². The topological polar surface area (TPSA) is 52.1 Å². The zero-order valence-corrected chi connectivity index (χ0v) is 16.2. The Morgan fingerprint density at radius 1 is 1.24 bits per heavy atom. The van der Waals surface area contributed by atoms with Crippen molar-refractivity contribution in [1.82, 2.24) is 20.4 Å². The SMILES string of the molecule is CN=C(NCCOC)NCC(C)CN1CCN(C)CC1.I. The van der Waals surface area contributed by atoms with Gasteiger partial charge in [0.15, 0.2) is 5.96 Å². The first-order valence-electron chi connectivity index (χ1n) is 7.50. The number of guanidine groups is 1. The molecule has 1 saturated heterocycles. The number of aliphatic imine (C=N–C) groups is 1. The third-order valence-electron chi connectivity index (χ3n) is 3.61. The summed E-state index contributed by atoms with van der Waals surface area (Å²) in [4.78, 5) is 9.15. The molecule has 1 heterocycles. The van der Waals surface area contributed by atoms with Crippen molar-refractivity contribution in [3.05, 3.63) is 0 Å². The molecule has 0 saturated carbocycles. The van der Waals surface area contributed by atoms with Crippen LogP contribution < -0.4 is 10.6 Å². The molecule has 1 unspecified atom stereocenters. The van der Waals surface area contributed by atoms with Gasteiger partial charge in [0.1, 0.15) is 0 Å². The minimum atomic E-state index is 0. The Balaban J connectivity index is 0.00000400. The first kappa shape index (κ1) is 20.9. The molecule has 0 aromatic carbocycles. The second kappa shape index (κ2) is 12.4. The number of hydrogen-bond acceptors (Lipinski definition) is 4. The van der Waals surface area contributed by atoms with E-state index in [0.717, 1.165) is 25.6 Å². The van der Waals surface area contributed by atoms with E-state index >= 15 is 0 Å². The molecule has 0 aromatic heterocycles. The van der Waals surface area contributed by atoms with Gasteiger partial charge in [-0.2, -0.15) is 0 Å². The van der Waals surface area contributed by atoms with Gasteiger partial charge in [0.25, 0.3) is 0 Å². The molecule has 0 bridgehead atoms. The Morgan fingerprint density at radius 2 is 1.90 bits per heavy atom. The fourth-order valence-electron chi connectivity index (χ4n) is 2.30. The second-order valence-electron chi connectivity index (χ2n) is 5.58. The van der Waals surface area contributed by atoms with Crippen LogP contribution in [0.5, 0.6) is 0 Å². The summed E-state index contributed by atoms with van der Waals surface area (Å²) in [6.07, 6.45) is 0. The summed E-state index contributed by atoms with van der Waals surface area (Å²) in [6.45, 7) is 10.6. The number of likely N-dealkylation sites (N-methyl/N-ethyl adjacent to an activating group) is 1. The minimum Gasteiger partial charge on any atom is -0.383 e. The predicted molar refractivity (Wildman–Crippen MR) is 99.8 cm³/mol. The number of nitrogens with zero attached hydrogens (tertiary/aromatic N) is 3. The maximum absolute atomic E-state index is 5.02. The highest BCUT2D eigenvalue weighted by Gasteiger charge is 2.16. The number of rotatable bonds is 7. The number of hydrogen-bond donors (Lipinski definition) is 2. The van der Waals surface area contributed by atoms with E-state index in [1.807, 2.05) is 0 Å². The molecule has 6 nitrogen and oxygen atoms in total. The maximum Gasteiger partial charge on any atom is 0.191 e. The molecule has 0 radical (unpaired) electrons. The van der Waals surface area contributed by atoms with Gasteiger partial charge in [-0.1, -0.05) is 6.92 Å². The predicted octanol–water partition coefficient (Wildman–Crippen LogP) is 0.299. The highest BCUT2D eigenvalue weighted by molar-refractivity contribution is 14.0. The van der Waals surface area contributed by atoms with Gasteiger partial charge in [0, 0.05) is 60.0 Å². The fourth-order valence-corrected chi connectivity index (χ4v) is 2.30. The van der Waals surface area contributed by atoms with Crippen LogP contribution in [-0.4, -0.2) is 89.4 Å². The Labute approximate surface area is 146 Å². The summed E-state index contributed by atoms with van der Waals surface area (Å²) in [6, 6.07) is 0. The molecular formula is C14H32IN5O. The highest BCUT2D eigenvalue weighted by Crippen LogP contribution is 2.03. The van der Waals surface area contributed by atoms with Gasteiger partial charge in [0.05, 0.1) is 6.61 Å². The lowest BCUT2D eigenvalue weighted by molar-refractivity contribution is 0.139. The molecule has 0 aliphatic carbocycles. The molecular weight excluding hydrogens is 381 g/mol. The fraction of sp³-hybridized carbons (Fsp3) is 0.929. The van der Waals surface area contributed by atoms with Crippen LogP contribution in [-0.2, 0) is 4.74 Å². The van der Waals surface area contributed by atoms with E-state index in [1.54, 1.807) is 14.2 Å². The Kier molecular flexibility index (Phi) is 12.4. The van der Waals surface area contributed by atoms with Crippen molar-refractivity contribution in [3.8, 4) is 0 Å². The quantitative estimate of drug-likeness (QED) is 0.272. The van der Waals surface area contributed by atoms with E-state index in [-0.39, 0.29) is 24.0 Å². The van der Waals surface area contributed by atoms with Crippen LogP contribution in [0.2, 0.25) is 0 Å². The van der Waals surface area contributed by atoms with Crippen LogP contribution in [0, 0.1) is 5.92 Å². The minimum absolute atomic E-state index is 0. The molecule has 1 fully saturated rings. The third-order valence-corrected chi connectivity index (χ3v) is 3.61. The van der Waals surface area contributed by atoms with E-state index in [4.69, 9.17) is 4.74 Å². The molecule has 0 amide bonds. The normalized spacial score (nSPS) is 19.0. The van der Waals surface area contributed by atoms with Crippen LogP contribution in [0.3, 0.4) is 0 Å². The van der Waals surface area contributed by atoms with Crippen molar-refractivity contribution in [1.29, 1.82) is 0 Å². The van der Waals surface area contributed by atoms with Gasteiger partial charge in [0.2, 0.25) is 0 Å². The number of piperazine rings is 1. The largest absolute Gasteiger partial charge is 0.383 e. The van der Waals surface area contributed by atoms with Crippen LogP contribution in [0.25, 0.3) is 0 Å². The average molecular weight is 413 g/mol. The van der Waals surface area contributed by atoms with Gasteiger partial charge in [-0.3, -0.25) is 4.99 Å². The number of halogens is 1. The zero-order valence-electron chi connectivity index (χ0n) is 13.9. The lowest BCUT2D eigenvalue weighted by Gasteiger charge is -2.34. The van der Waals surface area contributed by atoms with Gasteiger partial charge in [-0.15, -0.1) is 24.0 Å². The number of ether oxygens (including phenoxy) is 1. The summed E-state index contributed by atoms with van der Waals surface area (Å²) in [5, 5.41) is 6.60. The maximum atomic E-state index is 5.02. The Bertz CT molecular complexity index is 283. The molecule has 0 spiro atoms. The summed E-state index contributed by atoms with van der Waals surface area (Å²) >= 11 is 0. The molecule has 7 heteroatoms. The second-order valence-corrected chi connectivity index (χ2v) is 5.58. The van der Waals surface area contributed by atoms with Gasteiger partial charge in [-0.05, 0) is 13.0 Å².